The van der Waals surface area contributed by atoms with Gasteiger partial charge in [-0.05, 0) is 29.7 Å². The molecule has 0 spiro atoms. The smallest absolute Gasteiger partial charge is 0.228 e. The summed E-state index contributed by atoms with van der Waals surface area (Å²) in [4.78, 5) is 8.56. The van der Waals surface area contributed by atoms with E-state index in [4.69, 9.17) is 10.2 Å². The van der Waals surface area contributed by atoms with Crippen molar-refractivity contribution in [3.8, 4) is 11.5 Å². The minimum Gasteiger partial charge on any atom is -0.436 e. The standard InChI is InChI=1S/C15H15N3O/c1-9(2)10-3-4-14-13(6-10)18-15(19-14)11-5-12(16)8-17-7-11/h3-9H,16H2,1-2H3. The van der Waals surface area contributed by atoms with Crippen molar-refractivity contribution in [1.82, 2.24) is 9.97 Å². The first kappa shape index (κ1) is 11.7. The van der Waals surface area contributed by atoms with Gasteiger partial charge < -0.3 is 10.2 Å². The summed E-state index contributed by atoms with van der Waals surface area (Å²) in [7, 11) is 0. The quantitative estimate of drug-likeness (QED) is 0.757. The Balaban J connectivity index is 2.11. The van der Waals surface area contributed by atoms with Crippen LogP contribution < -0.4 is 5.73 Å². The largest absolute Gasteiger partial charge is 0.436 e. The minimum absolute atomic E-state index is 0.471. The molecule has 96 valence electrons. The van der Waals surface area contributed by atoms with Crippen molar-refractivity contribution in [1.29, 1.82) is 0 Å². The molecular weight excluding hydrogens is 238 g/mol. The van der Waals surface area contributed by atoms with E-state index >= 15 is 0 Å². The fourth-order valence-electron chi connectivity index (χ4n) is 2.00. The van der Waals surface area contributed by atoms with Crippen LogP contribution in [-0.4, -0.2) is 9.97 Å². The maximum absolute atomic E-state index is 5.74. The summed E-state index contributed by atoms with van der Waals surface area (Å²) in [5, 5.41) is 0. The van der Waals surface area contributed by atoms with Crippen LogP contribution in [0.2, 0.25) is 0 Å². The van der Waals surface area contributed by atoms with Crippen LogP contribution in [0.15, 0.2) is 41.1 Å². The molecule has 0 radical (unpaired) electrons. The summed E-state index contributed by atoms with van der Waals surface area (Å²) in [6.45, 7) is 4.31. The third kappa shape index (κ3) is 2.17. The van der Waals surface area contributed by atoms with Gasteiger partial charge in [0.15, 0.2) is 5.58 Å². The molecule has 0 atom stereocenters. The average Bonchev–Trinajstić information content (AvgIpc) is 2.81. The van der Waals surface area contributed by atoms with Gasteiger partial charge in [0.1, 0.15) is 5.52 Å². The van der Waals surface area contributed by atoms with Gasteiger partial charge in [0.05, 0.1) is 11.3 Å². The monoisotopic (exact) mass is 253 g/mol. The van der Waals surface area contributed by atoms with Crippen molar-refractivity contribution in [2.45, 2.75) is 19.8 Å². The van der Waals surface area contributed by atoms with E-state index in [-0.39, 0.29) is 0 Å². The number of benzene rings is 1. The number of aromatic nitrogens is 2. The normalized spacial score (nSPS) is 11.3. The van der Waals surface area contributed by atoms with Gasteiger partial charge in [-0.2, -0.15) is 0 Å². The van der Waals surface area contributed by atoms with Crippen molar-refractivity contribution >= 4 is 16.8 Å². The van der Waals surface area contributed by atoms with E-state index in [0.29, 0.717) is 17.5 Å². The number of nitrogens with zero attached hydrogens (tertiary/aromatic N) is 2. The Morgan fingerprint density at radius 2 is 2.00 bits per heavy atom. The van der Waals surface area contributed by atoms with Crippen LogP contribution in [0.1, 0.15) is 25.3 Å². The maximum Gasteiger partial charge on any atom is 0.228 e. The number of hydrogen-bond donors (Lipinski definition) is 1. The van der Waals surface area contributed by atoms with Crippen LogP contribution in [0.4, 0.5) is 5.69 Å². The summed E-state index contributed by atoms with van der Waals surface area (Å²) >= 11 is 0. The van der Waals surface area contributed by atoms with E-state index in [1.807, 2.05) is 6.07 Å². The van der Waals surface area contributed by atoms with Crippen molar-refractivity contribution in [2.24, 2.45) is 0 Å². The van der Waals surface area contributed by atoms with E-state index < -0.39 is 0 Å². The van der Waals surface area contributed by atoms with Crippen LogP contribution in [0.25, 0.3) is 22.6 Å². The van der Waals surface area contributed by atoms with E-state index in [2.05, 4.69) is 35.9 Å². The Morgan fingerprint density at radius 3 is 2.74 bits per heavy atom. The highest BCUT2D eigenvalue weighted by atomic mass is 16.3. The Kier molecular flexibility index (Phi) is 2.71. The molecule has 2 heterocycles. The first-order valence-electron chi connectivity index (χ1n) is 6.25. The summed E-state index contributed by atoms with van der Waals surface area (Å²) in [6.07, 6.45) is 3.30. The Bertz CT molecular complexity index is 731. The summed E-state index contributed by atoms with van der Waals surface area (Å²) in [5.74, 6) is 1.02. The zero-order valence-corrected chi connectivity index (χ0v) is 10.9. The van der Waals surface area contributed by atoms with E-state index in [1.54, 1.807) is 18.5 Å². The lowest BCUT2D eigenvalue weighted by atomic mass is 10.0. The number of oxazole rings is 1. The van der Waals surface area contributed by atoms with Crippen molar-refractivity contribution in [3.05, 3.63) is 42.2 Å². The first-order valence-corrected chi connectivity index (χ1v) is 6.25. The second kappa shape index (κ2) is 4.39. The molecule has 1 aromatic carbocycles. The number of pyridine rings is 1. The highest BCUT2D eigenvalue weighted by Gasteiger charge is 2.10. The fraction of sp³-hybridized carbons (Fsp3) is 0.200. The molecule has 0 amide bonds. The van der Waals surface area contributed by atoms with E-state index in [0.717, 1.165) is 16.7 Å². The molecule has 0 fully saturated rings. The molecule has 0 saturated heterocycles. The van der Waals surface area contributed by atoms with Gasteiger partial charge in [0.2, 0.25) is 5.89 Å². The summed E-state index contributed by atoms with van der Waals surface area (Å²) < 4.78 is 5.74. The summed E-state index contributed by atoms with van der Waals surface area (Å²) in [5.41, 5.74) is 10.0. The Morgan fingerprint density at radius 1 is 1.16 bits per heavy atom. The molecule has 0 aliphatic carbocycles. The first-order chi connectivity index (χ1) is 9.13. The molecule has 0 bridgehead atoms. The second-order valence-electron chi connectivity index (χ2n) is 4.91. The maximum atomic E-state index is 5.74. The molecule has 2 aromatic heterocycles. The molecule has 0 saturated carbocycles. The van der Waals surface area contributed by atoms with Crippen LogP contribution in [-0.2, 0) is 0 Å². The number of nitrogens with two attached hydrogens (primary N) is 1. The molecule has 3 aromatic rings. The highest BCUT2D eigenvalue weighted by Crippen LogP contribution is 2.27. The number of rotatable bonds is 2. The van der Waals surface area contributed by atoms with Gasteiger partial charge in [0, 0.05) is 12.4 Å². The third-order valence-electron chi connectivity index (χ3n) is 3.08. The lowest BCUT2D eigenvalue weighted by molar-refractivity contribution is 0.619. The van der Waals surface area contributed by atoms with Crippen LogP contribution in [0.5, 0.6) is 0 Å². The molecular formula is C15H15N3O. The number of nitrogen functional groups attached to an aromatic ring is 1. The highest BCUT2D eigenvalue weighted by molar-refractivity contribution is 5.77. The van der Waals surface area contributed by atoms with Gasteiger partial charge in [-0.1, -0.05) is 19.9 Å². The van der Waals surface area contributed by atoms with E-state index in [9.17, 15) is 0 Å². The molecule has 3 rings (SSSR count). The van der Waals surface area contributed by atoms with Crippen molar-refractivity contribution in [3.63, 3.8) is 0 Å². The van der Waals surface area contributed by atoms with Gasteiger partial charge in [0.25, 0.3) is 0 Å². The topological polar surface area (TPSA) is 64.9 Å². The molecule has 4 nitrogen and oxygen atoms in total. The van der Waals surface area contributed by atoms with Gasteiger partial charge >= 0.3 is 0 Å². The second-order valence-corrected chi connectivity index (χ2v) is 4.91. The van der Waals surface area contributed by atoms with Gasteiger partial charge in [-0.3, -0.25) is 4.98 Å². The van der Waals surface area contributed by atoms with Crippen LogP contribution in [0.3, 0.4) is 0 Å². The predicted molar refractivity (Wildman–Crippen MR) is 75.7 cm³/mol. The number of fused-ring (bicyclic) bond motifs is 1. The molecule has 0 aliphatic heterocycles. The van der Waals surface area contributed by atoms with Crippen molar-refractivity contribution < 1.29 is 4.42 Å². The molecule has 4 heteroatoms. The third-order valence-corrected chi connectivity index (χ3v) is 3.08. The zero-order chi connectivity index (χ0) is 13.4. The predicted octanol–water partition coefficient (Wildman–Crippen LogP) is 3.60. The van der Waals surface area contributed by atoms with Gasteiger partial charge in [-0.25, -0.2) is 4.98 Å². The SMILES string of the molecule is CC(C)c1ccc2oc(-c3cncc(N)c3)nc2c1. The van der Waals surface area contributed by atoms with Gasteiger partial charge in [-0.15, -0.1) is 0 Å². The molecule has 19 heavy (non-hydrogen) atoms. The van der Waals surface area contributed by atoms with Crippen LogP contribution >= 0.6 is 0 Å². The lowest BCUT2D eigenvalue weighted by Gasteiger charge is -2.02. The van der Waals surface area contributed by atoms with Crippen molar-refractivity contribution in [2.75, 3.05) is 5.73 Å². The number of anilines is 1. The zero-order valence-electron chi connectivity index (χ0n) is 10.9. The average molecular weight is 253 g/mol. The van der Waals surface area contributed by atoms with E-state index in [1.165, 1.54) is 5.56 Å². The van der Waals surface area contributed by atoms with Crippen LogP contribution in [0, 0.1) is 0 Å². The Hall–Kier alpha value is -2.36. The minimum atomic E-state index is 0.471. The molecule has 0 aliphatic rings. The Labute approximate surface area is 111 Å². The number of hydrogen-bond acceptors (Lipinski definition) is 4. The summed E-state index contributed by atoms with van der Waals surface area (Å²) in [6, 6.07) is 7.90. The molecule has 2 N–H and O–H groups in total. The molecule has 0 unspecified atom stereocenters. The fourth-order valence-corrected chi connectivity index (χ4v) is 2.00. The lowest BCUT2D eigenvalue weighted by Crippen LogP contribution is -1.87.